The van der Waals surface area contributed by atoms with Crippen LogP contribution < -0.4 is 24.8 Å². The normalized spacial score (nSPS) is 13.6. The van der Waals surface area contributed by atoms with Gasteiger partial charge in [0.2, 0.25) is 0 Å². The number of alkyl halides is 2. The third-order valence-corrected chi connectivity index (χ3v) is 5.58. The van der Waals surface area contributed by atoms with Crippen molar-refractivity contribution in [3.05, 3.63) is 30.1 Å². The Morgan fingerprint density at radius 3 is 2.27 bits per heavy atom. The van der Waals surface area contributed by atoms with Gasteiger partial charge in [0.1, 0.15) is 23.2 Å². The lowest BCUT2D eigenvalue weighted by atomic mass is 10.0. The molecule has 12 heteroatoms. The molecular formula is C25H33F2N5O5. The van der Waals surface area contributed by atoms with Crippen molar-refractivity contribution in [3.63, 3.8) is 0 Å². The summed E-state index contributed by atoms with van der Waals surface area (Å²) >= 11 is 0. The Balaban J connectivity index is 0.00000118. The largest absolute Gasteiger partial charge is 0.496 e. The molecule has 1 amide bonds. The fraction of sp³-hybridized carbons (Fsp3) is 0.480. The van der Waals surface area contributed by atoms with Crippen molar-refractivity contribution in [2.24, 2.45) is 5.73 Å². The number of carbonyl (C=O) groups is 1. The van der Waals surface area contributed by atoms with Crippen molar-refractivity contribution in [2.75, 3.05) is 26.1 Å². The van der Waals surface area contributed by atoms with Crippen molar-refractivity contribution in [3.8, 4) is 28.4 Å². The number of methoxy groups -OCH3 is 1. The van der Waals surface area contributed by atoms with Crippen molar-refractivity contribution < 1.29 is 32.9 Å². The summed E-state index contributed by atoms with van der Waals surface area (Å²) in [5, 5.41) is 14.6. The molecule has 10 nitrogen and oxygen atoms in total. The predicted octanol–water partition coefficient (Wildman–Crippen LogP) is 3.88. The Kier molecular flexibility index (Phi) is 8.42. The van der Waals surface area contributed by atoms with Gasteiger partial charge in [-0.15, -0.1) is 0 Å². The number of aliphatic hydroxyl groups is 1. The van der Waals surface area contributed by atoms with Crippen molar-refractivity contribution in [1.29, 1.82) is 0 Å². The minimum absolute atomic E-state index is 0.0354. The molecule has 2 heterocycles. The van der Waals surface area contributed by atoms with E-state index in [1.807, 2.05) is 0 Å². The fourth-order valence-electron chi connectivity index (χ4n) is 3.17. The Bertz CT molecular complexity index is 1250. The lowest BCUT2D eigenvalue weighted by molar-refractivity contribution is -0.0502. The summed E-state index contributed by atoms with van der Waals surface area (Å²) in [6.07, 6.45) is 7.03. The zero-order chi connectivity index (χ0) is 27.5. The number of aromatic nitrogens is 3. The Morgan fingerprint density at radius 1 is 1.16 bits per heavy atom. The molecule has 0 spiro atoms. The quantitative estimate of drug-likeness (QED) is 0.435. The van der Waals surface area contributed by atoms with Crippen molar-refractivity contribution in [2.45, 2.75) is 58.4 Å². The number of hydrogen-bond acceptors (Lipinski definition) is 8. The molecule has 3 N–H and O–H groups in total. The first-order chi connectivity index (χ1) is 17.3. The maximum atomic E-state index is 13.0. The number of nitrogens with two attached hydrogens (primary N) is 1. The number of anilines is 1. The van der Waals surface area contributed by atoms with Crippen molar-refractivity contribution >= 4 is 17.4 Å². The van der Waals surface area contributed by atoms with Gasteiger partial charge in [0, 0.05) is 19.7 Å². The Morgan fingerprint density at radius 2 is 1.78 bits per heavy atom. The van der Waals surface area contributed by atoms with Crippen LogP contribution in [0.25, 0.3) is 16.8 Å². The second-order valence-corrected chi connectivity index (χ2v) is 9.42. The highest BCUT2D eigenvalue weighted by Gasteiger charge is 2.27. The number of rotatable bonds is 9. The second kappa shape index (κ2) is 11.2. The molecule has 1 aliphatic rings. The third-order valence-electron chi connectivity index (χ3n) is 5.58. The summed E-state index contributed by atoms with van der Waals surface area (Å²) in [4.78, 5) is 18.2. The summed E-state index contributed by atoms with van der Waals surface area (Å²) in [5.74, 6) is -0.607. The standard InChI is InChI=1S/C22H27F2N5O5.C3H6/c1-11(22(2,3)31)33-16-10-29-19(27-20(16)28(4)5)13(9-26-29)12-7-14(32-6)17(18(25)30)15(8-12)34-21(23)24;1-2-3-1/h7-11,21,31H,1-6H3,(H2,25,30);1-3H2. The Hall–Kier alpha value is -3.67. The summed E-state index contributed by atoms with van der Waals surface area (Å²) in [6, 6.07) is 2.72. The summed E-state index contributed by atoms with van der Waals surface area (Å²) < 4.78 is 43.2. The minimum atomic E-state index is -3.18. The molecule has 4 rings (SSSR count). The smallest absolute Gasteiger partial charge is 0.387 e. The molecule has 1 aliphatic carbocycles. The van der Waals surface area contributed by atoms with Crippen LogP contribution in [0.5, 0.6) is 17.2 Å². The topological polar surface area (TPSA) is 124 Å². The number of benzene rings is 1. The van der Waals surface area contributed by atoms with E-state index in [0.717, 1.165) is 0 Å². The molecule has 202 valence electrons. The third kappa shape index (κ3) is 6.76. The number of nitrogens with zero attached hydrogens (tertiary/aromatic N) is 4. The van der Waals surface area contributed by atoms with E-state index in [-0.39, 0.29) is 11.3 Å². The monoisotopic (exact) mass is 521 g/mol. The average molecular weight is 522 g/mol. The van der Waals surface area contributed by atoms with E-state index in [9.17, 15) is 18.7 Å². The SMILES string of the molecule is C1CC1.COc1cc(-c2cnn3cc(OC(C)C(C)(C)O)c(N(C)C)nc23)cc(OC(F)F)c1C(N)=O. The molecule has 3 aromatic rings. The molecule has 0 bridgehead atoms. The maximum absolute atomic E-state index is 13.0. The van der Waals surface area contributed by atoms with Gasteiger partial charge < -0.3 is 30.0 Å². The molecule has 0 radical (unpaired) electrons. The molecule has 0 saturated heterocycles. The van der Waals surface area contributed by atoms with Gasteiger partial charge in [0.25, 0.3) is 5.91 Å². The highest BCUT2D eigenvalue weighted by atomic mass is 19.3. The van der Waals surface area contributed by atoms with Gasteiger partial charge in [-0.25, -0.2) is 9.50 Å². The van der Waals surface area contributed by atoms with E-state index in [4.69, 9.17) is 15.2 Å². The molecule has 37 heavy (non-hydrogen) atoms. The van der Waals surface area contributed by atoms with E-state index < -0.39 is 30.0 Å². The van der Waals surface area contributed by atoms with E-state index in [1.54, 1.807) is 46.0 Å². The van der Waals surface area contributed by atoms with Gasteiger partial charge in [-0.3, -0.25) is 4.79 Å². The highest BCUT2D eigenvalue weighted by molar-refractivity contribution is 6.00. The lowest BCUT2D eigenvalue weighted by Crippen LogP contribution is -2.38. The minimum Gasteiger partial charge on any atom is -0.496 e. The van der Waals surface area contributed by atoms with E-state index in [2.05, 4.69) is 14.8 Å². The van der Waals surface area contributed by atoms with Crippen LogP contribution in [0.3, 0.4) is 0 Å². The molecule has 1 aromatic carbocycles. The van der Waals surface area contributed by atoms with Gasteiger partial charge in [0.05, 0.1) is 25.1 Å². The van der Waals surface area contributed by atoms with Gasteiger partial charge >= 0.3 is 6.61 Å². The van der Waals surface area contributed by atoms with Crippen LogP contribution in [0, 0.1) is 0 Å². The number of ether oxygens (including phenoxy) is 3. The van der Waals surface area contributed by atoms with Gasteiger partial charge in [-0.2, -0.15) is 13.9 Å². The lowest BCUT2D eigenvalue weighted by Gasteiger charge is -2.28. The molecule has 1 saturated carbocycles. The van der Waals surface area contributed by atoms with Crippen LogP contribution in [-0.2, 0) is 0 Å². The summed E-state index contributed by atoms with van der Waals surface area (Å²) in [5.41, 5.74) is 5.15. The van der Waals surface area contributed by atoms with Crippen LogP contribution >= 0.6 is 0 Å². The van der Waals surface area contributed by atoms with E-state index >= 15 is 0 Å². The number of fused-ring (bicyclic) bond motifs is 1. The molecule has 0 aliphatic heterocycles. The molecule has 1 unspecified atom stereocenters. The van der Waals surface area contributed by atoms with Gasteiger partial charge in [0.15, 0.2) is 17.2 Å². The zero-order valence-corrected chi connectivity index (χ0v) is 21.8. The first kappa shape index (κ1) is 27.9. The number of amides is 1. The summed E-state index contributed by atoms with van der Waals surface area (Å²) in [7, 11) is 4.83. The predicted molar refractivity (Wildman–Crippen MR) is 135 cm³/mol. The van der Waals surface area contributed by atoms with E-state index in [0.29, 0.717) is 28.3 Å². The van der Waals surface area contributed by atoms with Crippen LogP contribution in [0.15, 0.2) is 24.5 Å². The van der Waals surface area contributed by atoms with E-state index in [1.165, 1.54) is 49.2 Å². The van der Waals surface area contributed by atoms with Crippen LogP contribution in [-0.4, -0.2) is 65.1 Å². The number of carbonyl (C=O) groups excluding carboxylic acids is 1. The molecule has 1 fully saturated rings. The Labute approximate surface area is 213 Å². The fourth-order valence-corrected chi connectivity index (χ4v) is 3.17. The molecule has 1 atom stereocenters. The van der Waals surface area contributed by atoms with Crippen molar-refractivity contribution in [1.82, 2.24) is 14.6 Å². The maximum Gasteiger partial charge on any atom is 0.387 e. The van der Waals surface area contributed by atoms with Crippen LogP contribution in [0.4, 0.5) is 14.6 Å². The zero-order valence-electron chi connectivity index (χ0n) is 21.8. The van der Waals surface area contributed by atoms with Crippen LogP contribution in [0.1, 0.15) is 50.4 Å². The molecular weight excluding hydrogens is 488 g/mol. The summed E-state index contributed by atoms with van der Waals surface area (Å²) in [6.45, 7) is 1.81. The van der Waals surface area contributed by atoms with Gasteiger partial charge in [-0.05, 0) is 38.5 Å². The number of primary amides is 1. The highest BCUT2D eigenvalue weighted by Crippen LogP contribution is 2.38. The van der Waals surface area contributed by atoms with Crippen LogP contribution in [0.2, 0.25) is 0 Å². The second-order valence-electron chi connectivity index (χ2n) is 9.42. The average Bonchev–Trinajstić information content (AvgIpc) is 3.63. The number of hydrogen-bond donors (Lipinski definition) is 2. The number of halogens is 2. The first-order valence-corrected chi connectivity index (χ1v) is 11.7. The molecule has 2 aromatic heterocycles. The van der Waals surface area contributed by atoms with Gasteiger partial charge in [-0.1, -0.05) is 19.3 Å². The first-order valence-electron chi connectivity index (χ1n) is 11.7.